The van der Waals surface area contributed by atoms with Gasteiger partial charge in [0.15, 0.2) is 0 Å². The summed E-state index contributed by atoms with van der Waals surface area (Å²) in [6.45, 7) is 3.43. The molecule has 1 amide bonds. The maximum atomic E-state index is 9.58. The molecule has 0 unspecified atom stereocenters. The van der Waals surface area contributed by atoms with Gasteiger partial charge in [0.25, 0.3) is 0 Å². The highest BCUT2D eigenvalue weighted by atomic mass is 16.2. The molecule has 0 radical (unpaired) electrons. The normalized spacial score (nSPS) is 7.92. The molecule has 1 aromatic carbocycles. The number of hydrogen-bond donors (Lipinski definition) is 2. The minimum Gasteiger partial charge on any atom is -0.295 e. The molecule has 0 aliphatic rings. The van der Waals surface area contributed by atoms with Crippen molar-refractivity contribution in [3.8, 4) is 0 Å². The third kappa shape index (κ3) is 6.77. The van der Waals surface area contributed by atoms with Gasteiger partial charge >= 0.3 is 0 Å². The van der Waals surface area contributed by atoms with Crippen LogP contribution in [-0.4, -0.2) is 5.91 Å². The summed E-state index contributed by atoms with van der Waals surface area (Å²) in [6.07, 6.45) is 0. The number of hydrogen-bond acceptors (Lipinski definition) is 2. The van der Waals surface area contributed by atoms with Crippen molar-refractivity contribution in [1.82, 2.24) is 5.43 Å². The number of nitrogens with two attached hydrogens (primary N) is 1. The SMILES string of the molecule is CC(=O)NN.Cc1ccccc1. The fourth-order valence-electron chi connectivity index (χ4n) is 0.534. The summed E-state index contributed by atoms with van der Waals surface area (Å²) in [4.78, 5) is 9.58. The first-order valence-electron chi connectivity index (χ1n) is 3.65. The molecular formula is C9H14N2O. The molecule has 0 heterocycles. The smallest absolute Gasteiger partial charge is 0.230 e. The lowest BCUT2D eigenvalue weighted by Gasteiger charge is -1.82. The van der Waals surface area contributed by atoms with E-state index in [-0.39, 0.29) is 5.91 Å². The minimum atomic E-state index is -0.218. The van der Waals surface area contributed by atoms with Crippen LogP contribution < -0.4 is 11.3 Å². The van der Waals surface area contributed by atoms with E-state index in [1.165, 1.54) is 12.5 Å². The predicted octanol–water partition coefficient (Wildman–Crippen LogP) is 0.991. The van der Waals surface area contributed by atoms with Crippen molar-refractivity contribution >= 4 is 5.91 Å². The van der Waals surface area contributed by atoms with Crippen LogP contribution in [0.15, 0.2) is 30.3 Å². The molecule has 0 fully saturated rings. The number of carbonyl (C=O) groups is 1. The average molecular weight is 166 g/mol. The largest absolute Gasteiger partial charge is 0.295 e. The van der Waals surface area contributed by atoms with E-state index in [1.807, 2.05) is 23.6 Å². The number of aryl methyl sites for hydroxylation is 1. The predicted molar refractivity (Wildman–Crippen MR) is 49.2 cm³/mol. The first kappa shape index (κ1) is 10.7. The van der Waals surface area contributed by atoms with E-state index in [0.717, 1.165) is 0 Å². The summed E-state index contributed by atoms with van der Waals surface area (Å²) in [6, 6.07) is 10.3. The maximum Gasteiger partial charge on any atom is 0.230 e. The molecule has 0 bridgehead atoms. The topological polar surface area (TPSA) is 55.1 Å². The van der Waals surface area contributed by atoms with Crippen molar-refractivity contribution < 1.29 is 4.79 Å². The number of nitrogens with one attached hydrogen (secondary N) is 1. The Bertz CT molecular complexity index is 221. The Hall–Kier alpha value is -1.35. The van der Waals surface area contributed by atoms with Crippen LogP contribution in [0.3, 0.4) is 0 Å². The van der Waals surface area contributed by atoms with Crippen molar-refractivity contribution in [1.29, 1.82) is 0 Å². The third-order valence-corrected chi connectivity index (χ3v) is 1.14. The second kappa shape index (κ2) is 6.37. The summed E-state index contributed by atoms with van der Waals surface area (Å²) < 4.78 is 0. The molecule has 0 aliphatic heterocycles. The number of hydrazine groups is 1. The Balaban J connectivity index is 0.000000217. The van der Waals surface area contributed by atoms with Crippen LogP contribution in [0, 0.1) is 6.92 Å². The Kier molecular flexibility index (Phi) is 5.65. The van der Waals surface area contributed by atoms with Crippen molar-refractivity contribution in [2.45, 2.75) is 13.8 Å². The molecule has 0 aliphatic carbocycles. The number of amides is 1. The first-order chi connectivity index (χ1) is 5.66. The van der Waals surface area contributed by atoms with Crippen molar-refractivity contribution in [3.63, 3.8) is 0 Å². The zero-order valence-electron chi connectivity index (χ0n) is 7.37. The fraction of sp³-hybridized carbons (Fsp3) is 0.222. The lowest BCUT2D eigenvalue weighted by Crippen LogP contribution is -2.26. The van der Waals surface area contributed by atoms with Crippen LogP contribution in [0.2, 0.25) is 0 Å². The van der Waals surface area contributed by atoms with Crippen molar-refractivity contribution in [3.05, 3.63) is 35.9 Å². The number of rotatable bonds is 0. The van der Waals surface area contributed by atoms with Crippen LogP contribution >= 0.6 is 0 Å². The highest BCUT2D eigenvalue weighted by molar-refractivity contribution is 5.71. The molecule has 0 saturated carbocycles. The van der Waals surface area contributed by atoms with Crippen LogP contribution in [-0.2, 0) is 4.79 Å². The summed E-state index contributed by atoms with van der Waals surface area (Å²) >= 11 is 0. The van der Waals surface area contributed by atoms with E-state index in [9.17, 15) is 4.79 Å². The zero-order valence-corrected chi connectivity index (χ0v) is 7.37. The summed E-state index contributed by atoms with van der Waals surface area (Å²) in [5.74, 6) is 4.35. The van der Waals surface area contributed by atoms with E-state index in [0.29, 0.717) is 0 Å². The van der Waals surface area contributed by atoms with E-state index in [2.05, 4.69) is 24.9 Å². The average Bonchev–Trinajstić information content (AvgIpc) is 2.07. The van der Waals surface area contributed by atoms with Gasteiger partial charge in [0.05, 0.1) is 0 Å². The summed E-state index contributed by atoms with van der Waals surface area (Å²) in [7, 11) is 0. The first-order valence-corrected chi connectivity index (χ1v) is 3.65. The van der Waals surface area contributed by atoms with Crippen LogP contribution in [0.4, 0.5) is 0 Å². The molecule has 0 spiro atoms. The fourth-order valence-corrected chi connectivity index (χ4v) is 0.534. The van der Waals surface area contributed by atoms with Gasteiger partial charge < -0.3 is 0 Å². The molecular weight excluding hydrogens is 152 g/mol. The zero-order chi connectivity index (χ0) is 9.40. The van der Waals surface area contributed by atoms with Gasteiger partial charge in [-0.05, 0) is 6.92 Å². The summed E-state index contributed by atoms with van der Waals surface area (Å²) in [5.41, 5.74) is 3.21. The lowest BCUT2D eigenvalue weighted by atomic mass is 10.2. The van der Waals surface area contributed by atoms with Crippen LogP contribution in [0.5, 0.6) is 0 Å². The Morgan fingerprint density at radius 3 is 1.92 bits per heavy atom. The third-order valence-electron chi connectivity index (χ3n) is 1.14. The molecule has 0 saturated heterocycles. The molecule has 66 valence electrons. The monoisotopic (exact) mass is 166 g/mol. The van der Waals surface area contributed by atoms with Crippen molar-refractivity contribution in [2.75, 3.05) is 0 Å². The van der Waals surface area contributed by atoms with Crippen LogP contribution in [0.1, 0.15) is 12.5 Å². The van der Waals surface area contributed by atoms with E-state index < -0.39 is 0 Å². The minimum absolute atomic E-state index is 0.218. The van der Waals surface area contributed by atoms with E-state index in [4.69, 9.17) is 0 Å². The van der Waals surface area contributed by atoms with Gasteiger partial charge in [0, 0.05) is 6.92 Å². The van der Waals surface area contributed by atoms with Gasteiger partial charge in [-0.2, -0.15) is 0 Å². The van der Waals surface area contributed by atoms with E-state index in [1.54, 1.807) is 0 Å². The molecule has 3 N–H and O–H groups in total. The molecule has 0 atom stereocenters. The highest BCUT2D eigenvalue weighted by Crippen LogP contribution is 1.92. The Labute approximate surface area is 72.6 Å². The van der Waals surface area contributed by atoms with Gasteiger partial charge in [-0.25, -0.2) is 5.84 Å². The number of carbonyl (C=O) groups excluding carboxylic acids is 1. The van der Waals surface area contributed by atoms with Gasteiger partial charge in [-0.3, -0.25) is 10.2 Å². The second-order valence-corrected chi connectivity index (χ2v) is 2.36. The molecule has 0 aromatic heterocycles. The second-order valence-electron chi connectivity index (χ2n) is 2.36. The summed E-state index contributed by atoms with van der Waals surface area (Å²) in [5, 5.41) is 0. The molecule has 1 rings (SSSR count). The van der Waals surface area contributed by atoms with Gasteiger partial charge in [-0.15, -0.1) is 0 Å². The van der Waals surface area contributed by atoms with Gasteiger partial charge in [0.1, 0.15) is 0 Å². The number of benzene rings is 1. The van der Waals surface area contributed by atoms with Gasteiger partial charge in [-0.1, -0.05) is 35.9 Å². The standard InChI is InChI=1S/C7H8.C2H6N2O/c1-7-5-3-2-4-6-7;1-2(5)4-3/h2-6H,1H3;3H2,1H3,(H,4,5). The molecule has 3 nitrogen and oxygen atoms in total. The van der Waals surface area contributed by atoms with Gasteiger partial charge in [0.2, 0.25) is 5.91 Å². The lowest BCUT2D eigenvalue weighted by molar-refractivity contribution is -0.119. The molecule has 1 aromatic rings. The van der Waals surface area contributed by atoms with Crippen LogP contribution in [0.25, 0.3) is 0 Å². The Morgan fingerprint density at radius 1 is 1.33 bits per heavy atom. The maximum absolute atomic E-state index is 9.58. The van der Waals surface area contributed by atoms with Crippen molar-refractivity contribution in [2.24, 2.45) is 5.84 Å². The quantitative estimate of drug-likeness (QED) is 0.343. The molecule has 3 heteroatoms. The molecule has 12 heavy (non-hydrogen) atoms. The van der Waals surface area contributed by atoms with E-state index >= 15 is 0 Å². The highest BCUT2D eigenvalue weighted by Gasteiger charge is 1.73. The Morgan fingerprint density at radius 2 is 1.75 bits per heavy atom.